The highest BCUT2D eigenvalue weighted by molar-refractivity contribution is 7.99. The summed E-state index contributed by atoms with van der Waals surface area (Å²) in [5.41, 5.74) is 4.02. The van der Waals surface area contributed by atoms with Crippen molar-refractivity contribution in [1.29, 1.82) is 0 Å². The molecule has 1 heterocycles. The van der Waals surface area contributed by atoms with Gasteiger partial charge >= 0.3 is 5.97 Å². The molecule has 0 saturated carbocycles. The van der Waals surface area contributed by atoms with Gasteiger partial charge in [0, 0.05) is 27.7 Å². The highest BCUT2D eigenvalue weighted by Gasteiger charge is 2.18. The van der Waals surface area contributed by atoms with E-state index >= 15 is 0 Å². The van der Waals surface area contributed by atoms with Crippen LogP contribution in [-0.2, 0) is 15.0 Å². The fourth-order valence-corrected chi connectivity index (χ4v) is 4.34. The molecule has 0 N–H and O–H groups in total. The highest BCUT2D eigenvalue weighted by atomic mass is 32.2. The molecule has 0 bridgehead atoms. The van der Waals surface area contributed by atoms with Crippen molar-refractivity contribution in [3.8, 4) is 0 Å². The monoisotopic (exact) mass is 485 g/mol. The van der Waals surface area contributed by atoms with Gasteiger partial charge in [-0.25, -0.2) is 4.79 Å². The second kappa shape index (κ2) is 9.92. The Morgan fingerprint density at radius 3 is 2.00 bits per heavy atom. The van der Waals surface area contributed by atoms with Crippen LogP contribution in [0.3, 0.4) is 0 Å². The number of fused-ring (bicyclic) bond motifs is 1. The van der Waals surface area contributed by atoms with Gasteiger partial charge in [-0.15, -0.1) is 0 Å². The van der Waals surface area contributed by atoms with Gasteiger partial charge in [0.2, 0.25) is 5.78 Å². The second-order valence-corrected chi connectivity index (χ2v) is 10.5. The van der Waals surface area contributed by atoms with Crippen molar-refractivity contribution in [2.75, 3.05) is 0 Å². The first-order valence-electron chi connectivity index (χ1n) is 11.3. The zero-order valence-electron chi connectivity index (χ0n) is 20.4. The van der Waals surface area contributed by atoms with Crippen LogP contribution in [0.1, 0.15) is 61.9 Å². The quantitative estimate of drug-likeness (QED) is 0.123. The molecule has 1 aromatic heterocycles. The number of furan rings is 1. The Morgan fingerprint density at radius 1 is 0.829 bits per heavy atom. The number of nitrogens with zero attached hydrogens (tertiary/aromatic N) is 1. The first kappa shape index (κ1) is 24.5. The molecule has 0 amide bonds. The van der Waals surface area contributed by atoms with Crippen molar-refractivity contribution in [2.45, 2.75) is 49.8 Å². The van der Waals surface area contributed by atoms with E-state index in [0.29, 0.717) is 22.6 Å². The Kier molecular flexibility index (Phi) is 6.94. The molecule has 0 saturated heterocycles. The number of hydrogen-bond donors (Lipinski definition) is 0. The molecule has 3 aromatic carbocycles. The van der Waals surface area contributed by atoms with Gasteiger partial charge in [-0.2, -0.15) is 0 Å². The fourth-order valence-electron chi connectivity index (χ4n) is 3.52. The molecular weight excluding hydrogens is 458 g/mol. The average Bonchev–Trinajstić information content (AvgIpc) is 3.26. The molecule has 6 heteroatoms. The lowest BCUT2D eigenvalue weighted by Gasteiger charge is -2.18. The van der Waals surface area contributed by atoms with Crippen LogP contribution < -0.4 is 0 Å². The predicted octanol–water partition coefficient (Wildman–Crippen LogP) is 7.40. The normalized spacial score (nSPS) is 12.1. The number of carbonyl (C=O) groups is 2. The third kappa shape index (κ3) is 5.89. The molecule has 0 fully saturated rings. The van der Waals surface area contributed by atoms with E-state index in [9.17, 15) is 9.59 Å². The summed E-state index contributed by atoms with van der Waals surface area (Å²) in [5.74, 6) is -0.247. The van der Waals surface area contributed by atoms with Crippen molar-refractivity contribution >= 4 is 40.2 Å². The van der Waals surface area contributed by atoms with Crippen molar-refractivity contribution in [1.82, 2.24) is 0 Å². The molecule has 0 radical (unpaired) electrons. The van der Waals surface area contributed by atoms with E-state index in [1.165, 1.54) is 12.5 Å². The van der Waals surface area contributed by atoms with E-state index in [1.54, 1.807) is 18.7 Å². The summed E-state index contributed by atoms with van der Waals surface area (Å²) < 4.78 is 5.85. The summed E-state index contributed by atoms with van der Waals surface area (Å²) in [7, 11) is 0. The van der Waals surface area contributed by atoms with Gasteiger partial charge in [0.1, 0.15) is 5.58 Å². The molecule has 0 spiro atoms. The highest BCUT2D eigenvalue weighted by Crippen LogP contribution is 2.30. The Labute approximate surface area is 209 Å². The van der Waals surface area contributed by atoms with E-state index in [4.69, 9.17) is 9.25 Å². The molecule has 0 unspecified atom stereocenters. The van der Waals surface area contributed by atoms with Crippen LogP contribution in [-0.4, -0.2) is 17.5 Å². The SMILES string of the molecule is CC(=O)ON=C(C)c1ccc(Sc2ccc(C(=O)c3cc4cc(C(C)(C)C)ccc4o3)cc2)cc1. The van der Waals surface area contributed by atoms with Gasteiger partial charge in [0.15, 0.2) is 5.76 Å². The number of rotatable bonds is 6. The maximum atomic E-state index is 13.0. The Hall–Kier alpha value is -3.64. The maximum Gasteiger partial charge on any atom is 0.331 e. The lowest BCUT2D eigenvalue weighted by Crippen LogP contribution is -2.10. The average molecular weight is 486 g/mol. The first-order chi connectivity index (χ1) is 16.6. The smallest absolute Gasteiger partial charge is 0.331 e. The van der Waals surface area contributed by atoms with Crippen LogP contribution in [0, 0.1) is 0 Å². The minimum atomic E-state index is -0.451. The van der Waals surface area contributed by atoms with Crippen LogP contribution in [0.5, 0.6) is 0 Å². The molecule has 0 aliphatic rings. The van der Waals surface area contributed by atoms with Gasteiger partial charge in [0.05, 0.1) is 5.71 Å². The summed E-state index contributed by atoms with van der Waals surface area (Å²) in [6.07, 6.45) is 0. The standard InChI is InChI=1S/C29H27NO4S/c1-18(30-34-19(2)31)20-6-11-24(12-7-20)35-25-13-8-21(9-14-25)28(32)27-17-22-16-23(29(3,4)5)10-15-26(22)33-27/h6-17H,1-5H3. The van der Waals surface area contributed by atoms with Gasteiger partial charge in [-0.05, 0) is 78.1 Å². The Bertz CT molecular complexity index is 1410. The summed E-state index contributed by atoms with van der Waals surface area (Å²) in [6, 6.07) is 23.2. The minimum absolute atomic E-state index is 0.0276. The summed E-state index contributed by atoms with van der Waals surface area (Å²) in [5, 5.41) is 4.74. The number of carbonyl (C=O) groups excluding carboxylic acids is 2. The molecule has 0 aliphatic carbocycles. The van der Waals surface area contributed by atoms with Crippen molar-refractivity contribution < 1.29 is 18.8 Å². The van der Waals surface area contributed by atoms with Crippen LogP contribution in [0.2, 0.25) is 0 Å². The third-order valence-electron chi connectivity index (χ3n) is 5.54. The molecule has 4 aromatic rings. The van der Waals surface area contributed by atoms with E-state index in [0.717, 1.165) is 20.7 Å². The predicted molar refractivity (Wildman–Crippen MR) is 139 cm³/mol. The van der Waals surface area contributed by atoms with Gasteiger partial charge in [-0.3, -0.25) is 4.79 Å². The summed E-state index contributed by atoms with van der Waals surface area (Å²) >= 11 is 1.59. The largest absolute Gasteiger partial charge is 0.453 e. The summed E-state index contributed by atoms with van der Waals surface area (Å²) in [4.78, 5) is 30.7. The number of oxime groups is 1. The fraction of sp³-hybridized carbons (Fsp3) is 0.207. The first-order valence-corrected chi connectivity index (χ1v) is 12.1. The van der Waals surface area contributed by atoms with Gasteiger partial charge in [-0.1, -0.05) is 55.9 Å². The lowest BCUT2D eigenvalue weighted by molar-refractivity contribution is -0.140. The van der Waals surface area contributed by atoms with Crippen molar-refractivity contribution in [2.24, 2.45) is 5.16 Å². The van der Waals surface area contributed by atoms with E-state index in [1.807, 2.05) is 66.7 Å². The molecule has 35 heavy (non-hydrogen) atoms. The second-order valence-electron chi connectivity index (χ2n) is 9.35. The van der Waals surface area contributed by atoms with Crippen LogP contribution in [0.4, 0.5) is 0 Å². The number of benzene rings is 3. The zero-order valence-corrected chi connectivity index (χ0v) is 21.2. The molecule has 0 atom stereocenters. The van der Waals surface area contributed by atoms with Gasteiger partial charge < -0.3 is 9.25 Å². The van der Waals surface area contributed by atoms with Crippen LogP contribution in [0.25, 0.3) is 11.0 Å². The summed E-state index contributed by atoms with van der Waals surface area (Å²) in [6.45, 7) is 9.58. The van der Waals surface area contributed by atoms with E-state index in [2.05, 4.69) is 32.0 Å². The van der Waals surface area contributed by atoms with Gasteiger partial charge in [0.25, 0.3) is 0 Å². The molecule has 5 nitrogen and oxygen atoms in total. The maximum absolute atomic E-state index is 13.0. The van der Waals surface area contributed by atoms with Crippen LogP contribution in [0.15, 0.2) is 92.2 Å². The number of ketones is 1. The van der Waals surface area contributed by atoms with E-state index in [-0.39, 0.29) is 11.2 Å². The van der Waals surface area contributed by atoms with Crippen molar-refractivity contribution in [3.63, 3.8) is 0 Å². The Morgan fingerprint density at radius 2 is 1.43 bits per heavy atom. The molecular formula is C29H27NO4S. The van der Waals surface area contributed by atoms with E-state index < -0.39 is 5.97 Å². The zero-order chi connectivity index (χ0) is 25.2. The topological polar surface area (TPSA) is 68.9 Å². The Balaban J connectivity index is 1.45. The third-order valence-corrected chi connectivity index (χ3v) is 6.56. The molecule has 4 rings (SSSR count). The molecule has 0 aliphatic heterocycles. The minimum Gasteiger partial charge on any atom is -0.453 e. The van der Waals surface area contributed by atoms with Crippen molar-refractivity contribution in [3.05, 3.63) is 95.2 Å². The lowest BCUT2D eigenvalue weighted by atomic mass is 9.86. The molecule has 178 valence electrons. The van der Waals surface area contributed by atoms with Crippen LogP contribution >= 0.6 is 11.8 Å². The number of hydrogen-bond acceptors (Lipinski definition) is 6.